The van der Waals surface area contributed by atoms with Crippen LogP contribution in [0.25, 0.3) is 0 Å². The number of amides is 1. The van der Waals surface area contributed by atoms with E-state index in [1.807, 2.05) is 0 Å². The second kappa shape index (κ2) is 62.6. The number of carbonyl (C=O) groups is 2. The smallest absolute Gasteiger partial charge is 0.305 e. The predicted octanol–water partition coefficient (Wildman–Crippen LogP) is 20.8. The molecule has 0 aliphatic rings. The fourth-order valence-corrected chi connectivity index (χ4v) is 10.1. The van der Waals surface area contributed by atoms with Crippen LogP contribution >= 0.6 is 0 Å². The van der Waals surface area contributed by atoms with E-state index in [1.165, 1.54) is 250 Å². The third kappa shape index (κ3) is 59.2. The van der Waals surface area contributed by atoms with Crippen molar-refractivity contribution in [2.24, 2.45) is 0 Å². The number of aliphatic hydroxyl groups is 2. The quantitative estimate of drug-likeness (QED) is 0.0320. The normalized spacial score (nSPS) is 12.8. The highest BCUT2D eigenvalue weighted by Gasteiger charge is 2.20. The Bertz CT molecular complexity index is 1180. The summed E-state index contributed by atoms with van der Waals surface area (Å²) in [5, 5.41) is 23.4. The van der Waals surface area contributed by atoms with Crippen LogP contribution in [0.1, 0.15) is 354 Å². The van der Waals surface area contributed by atoms with Crippen molar-refractivity contribution >= 4 is 11.9 Å². The summed E-state index contributed by atoms with van der Waals surface area (Å²) < 4.78 is 5.46. The van der Waals surface area contributed by atoms with Crippen LogP contribution in [0.4, 0.5) is 0 Å². The van der Waals surface area contributed by atoms with Gasteiger partial charge in [-0.15, -0.1) is 0 Å². The number of allylic oxidation sites excluding steroid dienone is 6. The zero-order valence-electron chi connectivity index (χ0n) is 49.1. The van der Waals surface area contributed by atoms with E-state index in [2.05, 4.69) is 55.6 Å². The van der Waals surface area contributed by atoms with Gasteiger partial charge in [0.25, 0.3) is 0 Å². The van der Waals surface area contributed by atoms with Crippen molar-refractivity contribution < 1.29 is 24.5 Å². The van der Waals surface area contributed by atoms with Gasteiger partial charge >= 0.3 is 5.97 Å². The lowest BCUT2D eigenvalue weighted by atomic mass is 10.0. The zero-order chi connectivity index (χ0) is 52.9. The molecule has 2 atom stereocenters. The van der Waals surface area contributed by atoms with Crippen LogP contribution in [0.3, 0.4) is 0 Å². The number of rotatable bonds is 61. The average Bonchev–Trinajstić information content (AvgIpc) is 3.39. The molecule has 6 nitrogen and oxygen atoms in total. The molecule has 3 N–H and O–H groups in total. The van der Waals surface area contributed by atoms with Crippen LogP contribution in [-0.4, -0.2) is 47.4 Å². The van der Waals surface area contributed by atoms with E-state index in [4.69, 9.17) is 4.74 Å². The number of unbranched alkanes of at least 4 members (excludes halogenated alkanes) is 44. The van der Waals surface area contributed by atoms with Gasteiger partial charge in [0, 0.05) is 12.8 Å². The van der Waals surface area contributed by atoms with Gasteiger partial charge in [-0.25, -0.2) is 0 Å². The third-order valence-corrected chi connectivity index (χ3v) is 15.1. The lowest BCUT2D eigenvalue weighted by Crippen LogP contribution is -2.45. The molecule has 73 heavy (non-hydrogen) atoms. The number of carbonyl (C=O) groups excluding carboxylic acids is 2. The molecule has 0 rings (SSSR count). The van der Waals surface area contributed by atoms with E-state index < -0.39 is 12.1 Å². The van der Waals surface area contributed by atoms with Gasteiger partial charge in [-0.3, -0.25) is 9.59 Å². The molecule has 430 valence electrons. The maximum atomic E-state index is 12.5. The average molecular weight is 1030 g/mol. The van der Waals surface area contributed by atoms with Crippen molar-refractivity contribution in [3.8, 4) is 0 Å². The monoisotopic (exact) mass is 1030 g/mol. The van der Waals surface area contributed by atoms with Crippen molar-refractivity contribution in [1.29, 1.82) is 0 Å². The molecule has 1 amide bonds. The molecule has 0 aromatic carbocycles. The Labute approximate surface area is 455 Å². The molecule has 0 aromatic heterocycles. The Morgan fingerprint density at radius 2 is 0.712 bits per heavy atom. The molecule has 0 radical (unpaired) electrons. The molecule has 2 unspecified atom stereocenters. The molecule has 6 heteroatoms. The number of ether oxygens (including phenoxy) is 1. The molecule has 0 spiro atoms. The van der Waals surface area contributed by atoms with Gasteiger partial charge in [-0.2, -0.15) is 0 Å². The van der Waals surface area contributed by atoms with Gasteiger partial charge in [0.05, 0.1) is 25.4 Å². The Morgan fingerprint density at radius 1 is 0.384 bits per heavy atom. The highest BCUT2D eigenvalue weighted by atomic mass is 16.5. The highest BCUT2D eigenvalue weighted by Crippen LogP contribution is 2.18. The first kappa shape index (κ1) is 71.1. The van der Waals surface area contributed by atoms with E-state index in [9.17, 15) is 19.8 Å². The molecule has 0 bridgehead atoms. The standard InChI is InChI=1S/C67H127NO5/c1-3-5-7-9-11-13-15-17-18-19-20-21-22-23-24-25-26-29-32-36-39-43-47-51-55-59-65(70)64(63-69)68-66(71)60-56-52-48-44-40-37-33-30-27-28-31-34-38-42-46-50-54-58-62-73-67(72)61-57-53-49-45-41-35-16-14-12-10-8-6-4-2/h8,10,14,16,30,33,64-65,69-70H,3-7,9,11-13,15,17-29,31-32,34-63H2,1-2H3,(H,68,71)/b10-8-,16-14-,33-30-. The number of esters is 1. The first-order valence-corrected chi connectivity index (χ1v) is 32.7. The summed E-state index contributed by atoms with van der Waals surface area (Å²) in [5.41, 5.74) is 0. The van der Waals surface area contributed by atoms with Crippen LogP contribution in [0.5, 0.6) is 0 Å². The van der Waals surface area contributed by atoms with Crippen LogP contribution in [-0.2, 0) is 14.3 Å². The van der Waals surface area contributed by atoms with Crippen molar-refractivity contribution in [2.75, 3.05) is 13.2 Å². The van der Waals surface area contributed by atoms with Crippen molar-refractivity contribution in [3.63, 3.8) is 0 Å². The van der Waals surface area contributed by atoms with E-state index in [1.54, 1.807) is 0 Å². The van der Waals surface area contributed by atoms with Crippen LogP contribution in [0, 0.1) is 0 Å². The molecular formula is C67H127NO5. The van der Waals surface area contributed by atoms with Crippen LogP contribution < -0.4 is 5.32 Å². The topological polar surface area (TPSA) is 95.9 Å². The van der Waals surface area contributed by atoms with E-state index in [0.29, 0.717) is 25.9 Å². The fraction of sp³-hybridized carbons (Fsp3) is 0.881. The molecule has 0 heterocycles. The number of aliphatic hydroxyl groups excluding tert-OH is 2. The maximum Gasteiger partial charge on any atom is 0.305 e. The highest BCUT2D eigenvalue weighted by molar-refractivity contribution is 5.76. The molecule has 0 fully saturated rings. The maximum absolute atomic E-state index is 12.5. The molecule has 0 aliphatic carbocycles. The number of nitrogens with one attached hydrogen (secondary N) is 1. The van der Waals surface area contributed by atoms with Crippen LogP contribution in [0.2, 0.25) is 0 Å². The first-order valence-electron chi connectivity index (χ1n) is 32.7. The molecule has 0 aromatic rings. The van der Waals surface area contributed by atoms with Crippen molar-refractivity contribution in [2.45, 2.75) is 366 Å². The zero-order valence-corrected chi connectivity index (χ0v) is 49.1. The second-order valence-electron chi connectivity index (χ2n) is 22.4. The van der Waals surface area contributed by atoms with Crippen molar-refractivity contribution in [1.82, 2.24) is 5.32 Å². The molecular weight excluding hydrogens is 899 g/mol. The summed E-state index contributed by atoms with van der Waals surface area (Å²) >= 11 is 0. The van der Waals surface area contributed by atoms with Gasteiger partial charge in [0.15, 0.2) is 0 Å². The van der Waals surface area contributed by atoms with Gasteiger partial charge in [0.1, 0.15) is 0 Å². The first-order chi connectivity index (χ1) is 36.0. The van der Waals surface area contributed by atoms with E-state index in [0.717, 1.165) is 70.6 Å². The third-order valence-electron chi connectivity index (χ3n) is 15.1. The van der Waals surface area contributed by atoms with Crippen molar-refractivity contribution in [3.05, 3.63) is 36.5 Å². The Kier molecular flexibility index (Phi) is 61.0. The largest absolute Gasteiger partial charge is 0.466 e. The van der Waals surface area contributed by atoms with E-state index in [-0.39, 0.29) is 18.5 Å². The minimum absolute atomic E-state index is 0.0118. The lowest BCUT2D eigenvalue weighted by molar-refractivity contribution is -0.143. The molecule has 0 saturated carbocycles. The summed E-state index contributed by atoms with van der Waals surface area (Å²) in [6.45, 7) is 4.89. The lowest BCUT2D eigenvalue weighted by Gasteiger charge is -2.22. The summed E-state index contributed by atoms with van der Waals surface area (Å²) in [7, 11) is 0. The second-order valence-corrected chi connectivity index (χ2v) is 22.4. The number of hydrogen-bond acceptors (Lipinski definition) is 5. The summed E-state index contributed by atoms with van der Waals surface area (Å²) in [6, 6.07) is -0.554. The van der Waals surface area contributed by atoms with Crippen LogP contribution in [0.15, 0.2) is 36.5 Å². The van der Waals surface area contributed by atoms with Gasteiger partial charge < -0.3 is 20.3 Å². The summed E-state index contributed by atoms with van der Waals surface area (Å²) in [6.07, 6.45) is 78.8. The minimum Gasteiger partial charge on any atom is -0.466 e. The van der Waals surface area contributed by atoms with Gasteiger partial charge in [-0.05, 0) is 77.0 Å². The Hall–Kier alpha value is -1.92. The SMILES string of the molecule is CCC/C=C\C/C=C\CCCCCCCC(=O)OCCCCCCCCCCC/C=C\CCCCCCCC(=O)NC(CO)C(O)CCCCCCCCCCCCCCCCCCCCCCCCCCC. The minimum atomic E-state index is -0.675. The fourth-order valence-electron chi connectivity index (χ4n) is 10.1. The predicted molar refractivity (Wildman–Crippen MR) is 319 cm³/mol. The van der Waals surface area contributed by atoms with E-state index >= 15 is 0 Å². The van der Waals surface area contributed by atoms with Gasteiger partial charge in [-0.1, -0.05) is 301 Å². The number of hydrogen-bond donors (Lipinski definition) is 3. The Morgan fingerprint density at radius 3 is 1.11 bits per heavy atom. The Balaban J connectivity index is 3.45. The molecule has 0 aliphatic heterocycles. The summed E-state index contributed by atoms with van der Waals surface area (Å²) in [4.78, 5) is 24.6. The molecule has 0 saturated heterocycles. The van der Waals surface area contributed by atoms with Gasteiger partial charge in [0.2, 0.25) is 5.91 Å². The summed E-state index contributed by atoms with van der Waals surface area (Å²) in [5.74, 6) is -0.0581.